The maximum absolute atomic E-state index is 13.7. The zero-order chi connectivity index (χ0) is 15.6. The van der Waals surface area contributed by atoms with E-state index in [4.69, 9.17) is 16.7 Å². The Bertz CT molecular complexity index is 734. The Morgan fingerprint density at radius 3 is 2.62 bits per heavy atom. The average molecular weight is 331 g/mol. The first-order valence-electron chi connectivity index (χ1n) is 5.74. The molecule has 1 N–H and O–H groups in total. The van der Waals surface area contributed by atoms with Crippen molar-refractivity contribution < 1.29 is 22.9 Å². The summed E-state index contributed by atoms with van der Waals surface area (Å²) >= 11 is 5.63. The molecule has 1 atom stereocenters. The molecular formula is C14H9ClF2O3S. The third kappa shape index (κ3) is 3.46. The van der Waals surface area contributed by atoms with Gasteiger partial charge < -0.3 is 5.11 Å². The first-order valence-corrected chi connectivity index (χ1v) is 7.44. The Morgan fingerprint density at radius 2 is 1.95 bits per heavy atom. The van der Waals surface area contributed by atoms with Gasteiger partial charge >= 0.3 is 5.97 Å². The van der Waals surface area contributed by atoms with Crippen molar-refractivity contribution in [2.75, 3.05) is 0 Å². The predicted molar refractivity (Wildman–Crippen MR) is 74.9 cm³/mol. The fourth-order valence-corrected chi connectivity index (χ4v) is 3.03. The van der Waals surface area contributed by atoms with Crippen LogP contribution in [0, 0.1) is 11.6 Å². The number of aromatic carboxylic acids is 1. The fraction of sp³-hybridized carbons (Fsp3) is 0.0714. The normalized spacial score (nSPS) is 12.1. The second-order valence-corrected chi connectivity index (χ2v) is 6.01. The first-order chi connectivity index (χ1) is 9.90. The van der Waals surface area contributed by atoms with Crippen molar-refractivity contribution in [2.45, 2.75) is 10.6 Å². The van der Waals surface area contributed by atoms with Crippen molar-refractivity contribution in [1.82, 2.24) is 0 Å². The minimum Gasteiger partial charge on any atom is -0.478 e. The van der Waals surface area contributed by atoms with Crippen LogP contribution in [0.5, 0.6) is 0 Å². The number of carboxylic acids is 1. The van der Waals surface area contributed by atoms with E-state index >= 15 is 0 Å². The number of hydrogen-bond acceptors (Lipinski definition) is 2. The second-order valence-electron chi connectivity index (χ2n) is 4.15. The summed E-state index contributed by atoms with van der Waals surface area (Å²) in [5.74, 6) is -3.23. The van der Waals surface area contributed by atoms with Crippen LogP contribution in [0.3, 0.4) is 0 Å². The van der Waals surface area contributed by atoms with Gasteiger partial charge in [-0.05, 0) is 24.3 Å². The van der Waals surface area contributed by atoms with Gasteiger partial charge in [0.2, 0.25) is 0 Å². The number of carboxylic acid groups (broad SMARTS) is 1. The molecule has 1 unspecified atom stereocenters. The topological polar surface area (TPSA) is 54.4 Å². The highest BCUT2D eigenvalue weighted by Gasteiger charge is 2.15. The fourth-order valence-electron chi connectivity index (χ4n) is 1.69. The van der Waals surface area contributed by atoms with Gasteiger partial charge in [0.1, 0.15) is 11.6 Å². The molecule has 0 bridgehead atoms. The molecule has 0 saturated carbocycles. The molecule has 0 aliphatic heterocycles. The first kappa shape index (κ1) is 15.6. The molecular weight excluding hydrogens is 322 g/mol. The van der Waals surface area contributed by atoms with Gasteiger partial charge in [-0.25, -0.2) is 13.6 Å². The molecule has 7 heteroatoms. The maximum Gasteiger partial charge on any atom is 0.338 e. The highest BCUT2D eigenvalue weighted by atomic mass is 35.5. The van der Waals surface area contributed by atoms with Crippen LogP contribution in [0.15, 0.2) is 41.3 Å². The lowest BCUT2D eigenvalue weighted by Gasteiger charge is -2.06. The van der Waals surface area contributed by atoms with Crippen molar-refractivity contribution in [3.63, 3.8) is 0 Å². The van der Waals surface area contributed by atoms with Gasteiger partial charge in [0, 0.05) is 10.5 Å². The van der Waals surface area contributed by atoms with E-state index in [0.717, 1.165) is 12.1 Å². The summed E-state index contributed by atoms with van der Waals surface area (Å²) in [5.41, 5.74) is -0.436. The predicted octanol–water partition coefficient (Wildman–Crippen LogP) is 3.62. The minimum absolute atomic E-state index is 0.0881. The molecule has 3 nitrogen and oxygen atoms in total. The number of benzene rings is 2. The van der Waals surface area contributed by atoms with Crippen LogP contribution in [-0.4, -0.2) is 15.3 Å². The lowest BCUT2D eigenvalue weighted by molar-refractivity contribution is 0.0691. The highest BCUT2D eigenvalue weighted by Crippen LogP contribution is 2.22. The second kappa shape index (κ2) is 6.32. The van der Waals surface area contributed by atoms with Crippen LogP contribution in [0.25, 0.3) is 0 Å². The third-order valence-corrected chi connectivity index (χ3v) is 4.39. The van der Waals surface area contributed by atoms with Crippen LogP contribution in [0.1, 0.15) is 15.9 Å². The van der Waals surface area contributed by atoms with Crippen molar-refractivity contribution >= 4 is 28.4 Å². The van der Waals surface area contributed by atoms with Crippen LogP contribution < -0.4 is 0 Å². The number of rotatable bonds is 4. The van der Waals surface area contributed by atoms with E-state index in [1.165, 1.54) is 24.3 Å². The van der Waals surface area contributed by atoms with Crippen LogP contribution in [-0.2, 0) is 16.6 Å². The molecule has 0 aromatic heterocycles. The van der Waals surface area contributed by atoms with Crippen LogP contribution in [0.4, 0.5) is 8.78 Å². The molecule has 0 heterocycles. The lowest BCUT2D eigenvalue weighted by Crippen LogP contribution is -2.04. The summed E-state index contributed by atoms with van der Waals surface area (Å²) in [7, 11) is -1.72. The molecule has 110 valence electrons. The molecule has 21 heavy (non-hydrogen) atoms. The van der Waals surface area contributed by atoms with E-state index in [1.54, 1.807) is 0 Å². The lowest BCUT2D eigenvalue weighted by atomic mass is 10.2. The highest BCUT2D eigenvalue weighted by molar-refractivity contribution is 7.84. The molecule has 2 aromatic rings. The SMILES string of the molecule is O=C(O)c1cc(S(=O)Cc2cccc(Cl)c2F)ccc1F. The Hall–Kier alpha value is -1.79. The standard InChI is InChI=1S/C14H9ClF2O3S/c15-11-3-1-2-8(13(11)17)7-21(20)9-4-5-12(16)10(6-9)14(18)19/h1-6H,7H2,(H,18,19). The smallest absolute Gasteiger partial charge is 0.338 e. The van der Waals surface area contributed by atoms with Gasteiger partial charge in [-0.15, -0.1) is 0 Å². The molecule has 0 fully saturated rings. The van der Waals surface area contributed by atoms with Gasteiger partial charge in [-0.1, -0.05) is 23.7 Å². The average Bonchev–Trinajstić information content (AvgIpc) is 2.44. The van der Waals surface area contributed by atoms with E-state index in [-0.39, 0.29) is 21.2 Å². The van der Waals surface area contributed by atoms with Gasteiger partial charge in [0.15, 0.2) is 0 Å². The zero-order valence-corrected chi connectivity index (χ0v) is 12.0. The van der Waals surface area contributed by atoms with Crippen LogP contribution in [0.2, 0.25) is 5.02 Å². The quantitative estimate of drug-likeness (QED) is 0.931. The van der Waals surface area contributed by atoms with E-state index in [2.05, 4.69) is 0 Å². The summed E-state index contributed by atoms with van der Waals surface area (Å²) in [6.45, 7) is 0. The van der Waals surface area contributed by atoms with Crippen LogP contribution >= 0.6 is 11.6 Å². The molecule has 0 amide bonds. The molecule has 0 spiro atoms. The summed E-state index contributed by atoms with van der Waals surface area (Å²) in [4.78, 5) is 10.9. The van der Waals surface area contributed by atoms with Gasteiger partial charge in [-0.2, -0.15) is 0 Å². The van der Waals surface area contributed by atoms with E-state index in [1.807, 2.05) is 0 Å². The molecule has 0 saturated heterocycles. The monoisotopic (exact) mass is 330 g/mol. The summed E-state index contributed by atoms with van der Waals surface area (Å²) < 4.78 is 39.1. The summed E-state index contributed by atoms with van der Waals surface area (Å²) in [6, 6.07) is 7.43. The Morgan fingerprint density at radius 1 is 1.24 bits per heavy atom. The molecule has 0 aliphatic rings. The molecule has 0 aliphatic carbocycles. The number of halogens is 3. The Kier molecular flexibility index (Phi) is 4.69. The van der Waals surface area contributed by atoms with Crippen molar-refractivity contribution in [3.8, 4) is 0 Å². The van der Waals surface area contributed by atoms with E-state index < -0.39 is 34.0 Å². The van der Waals surface area contributed by atoms with E-state index in [0.29, 0.717) is 0 Å². The number of hydrogen-bond donors (Lipinski definition) is 1. The van der Waals surface area contributed by atoms with Gasteiger partial charge in [-0.3, -0.25) is 4.21 Å². The summed E-state index contributed by atoms with van der Waals surface area (Å²) in [5, 5.41) is 8.74. The Labute approximate surface area is 126 Å². The van der Waals surface area contributed by atoms with Crippen molar-refractivity contribution in [2.24, 2.45) is 0 Å². The minimum atomic E-state index is -1.72. The summed E-state index contributed by atoms with van der Waals surface area (Å²) in [6.07, 6.45) is 0. The van der Waals surface area contributed by atoms with Gasteiger partial charge in [0.05, 0.1) is 27.1 Å². The van der Waals surface area contributed by atoms with Crippen molar-refractivity contribution in [3.05, 3.63) is 64.2 Å². The molecule has 2 aromatic carbocycles. The molecule has 2 rings (SSSR count). The van der Waals surface area contributed by atoms with Crippen molar-refractivity contribution in [1.29, 1.82) is 0 Å². The Balaban J connectivity index is 2.31. The zero-order valence-electron chi connectivity index (χ0n) is 10.5. The van der Waals surface area contributed by atoms with E-state index in [9.17, 15) is 17.8 Å². The largest absolute Gasteiger partial charge is 0.478 e. The van der Waals surface area contributed by atoms with Gasteiger partial charge in [0.25, 0.3) is 0 Å². The third-order valence-electron chi connectivity index (χ3n) is 2.75. The molecule has 0 radical (unpaired) electrons. The number of carbonyl (C=O) groups is 1. The maximum atomic E-state index is 13.7.